The number of hydrogen-bond donors (Lipinski definition) is 2. The molecule has 1 atom stereocenters. The van der Waals surface area contributed by atoms with E-state index in [2.05, 4.69) is 6.58 Å². The molecule has 0 saturated carbocycles. The highest BCUT2D eigenvalue weighted by Crippen LogP contribution is 2.28. The molecule has 4 heteroatoms. The summed E-state index contributed by atoms with van der Waals surface area (Å²) in [6.45, 7) is 5.35. The van der Waals surface area contributed by atoms with Gasteiger partial charge in [0.1, 0.15) is 11.6 Å². The van der Waals surface area contributed by atoms with Crippen LogP contribution in [0, 0.1) is 12.7 Å². The van der Waals surface area contributed by atoms with Gasteiger partial charge in [0.25, 0.3) is 0 Å². The minimum Gasteiger partial charge on any atom is -0.511 e. The summed E-state index contributed by atoms with van der Waals surface area (Å²) in [5, 5.41) is 10.1. The maximum Gasteiger partial charge on any atom is 0.147 e. The first-order valence-electron chi connectivity index (χ1n) is 5.79. The molecule has 1 aromatic carbocycles. The van der Waals surface area contributed by atoms with Crippen molar-refractivity contribution in [3.8, 4) is 0 Å². The smallest absolute Gasteiger partial charge is 0.147 e. The van der Waals surface area contributed by atoms with E-state index in [4.69, 9.17) is 5.73 Å². The fraction of sp³-hybridized carbons (Fsp3) is 0.286. The second-order valence-electron chi connectivity index (χ2n) is 4.56. The number of rotatable bonds is 3. The molecule has 96 valence electrons. The number of aliphatic hydroxyl groups is 1. The number of aryl methyl sites for hydroxylation is 1. The van der Waals surface area contributed by atoms with Gasteiger partial charge in [0.2, 0.25) is 0 Å². The number of halogens is 1. The highest BCUT2D eigenvalue weighted by atomic mass is 19.1. The molecule has 3 N–H and O–H groups in total. The van der Waals surface area contributed by atoms with Crippen LogP contribution in [-0.2, 0) is 13.5 Å². The molecular weight excluding hydrogens is 231 g/mol. The predicted octanol–water partition coefficient (Wildman–Crippen LogP) is 2.57. The number of nitrogens with two attached hydrogens (primary N) is 1. The van der Waals surface area contributed by atoms with Crippen molar-refractivity contribution in [3.05, 3.63) is 47.6 Å². The lowest BCUT2D eigenvalue weighted by Gasteiger charge is -2.10. The molecule has 0 bridgehead atoms. The predicted molar refractivity (Wildman–Crippen MR) is 71.1 cm³/mol. The first kappa shape index (κ1) is 12.6. The van der Waals surface area contributed by atoms with Crippen LogP contribution < -0.4 is 5.73 Å². The Bertz CT molecular complexity index is 616. The van der Waals surface area contributed by atoms with Gasteiger partial charge in [0.05, 0.1) is 11.6 Å². The quantitative estimate of drug-likeness (QED) is 0.820. The van der Waals surface area contributed by atoms with Crippen molar-refractivity contribution >= 4 is 10.9 Å². The first-order chi connectivity index (χ1) is 8.43. The topological polar surface area (TPSA) is 51.2 Å². The summed E-state index contributed by atoms with van der Waals surface area (Å²) in [5.41, 5.74) is 8.28. The Morgan fingerprint density at radius 3 is 2.83 bits per heavy atom. The summed E-state index contributed by atoms with van der Waals surface area (Å²) in [6.07, 6.45) is 0.446. The normalized spacial score (nSPS) is 12.9. The largest absolute Gasteiger partial charge is 0.511 e. The van der Waals surface area contributed by atoms with Crippen LogP contribution >= 0.6 is 0 Å². The zero-order chi connectivity index (χ0) is 13.4. The Morgan fingerprint density at radius 1 is 1.56 bits per heavy atom. The third kappa shape index (κ3) is 1.88. The van der Waals surface area contributed by atoms with Gasteiger partial charge in [-0.25, -0.2) is 4.39 Å². The van der Waals surface area contributed by atoms with Gasteiger partial charge in [-0.15, -0.1) is 0 Å². The van der Waals surface area contributed by atoms with Crippen LogP contribution in [-0.4, -0.2) is 15.7 Å². The summed E-state index contributed by atoms with van der Waals surface area (Å²) in [6, 6.07) is 4.46. The van der Waals surface area contributed by atoms with Crippen LogP contribution in [0.5, 0.6) is 0 Å². The zero-order valence-electron chi connectivity index (χ0n) is 10.6. The second kappa shape index (κ2) is 4.46. The van der Waals surface area contributed by atoms with E-state index in [9.17, 15) is 9.50 Å². The van der Waals surface area contributed by atoms with Crippen LogP contribution in [0.4, 0.5) is 4.39 Å². The Kier molecular flexibility index (Phi) is 3.13. The number of aliphatic hydroxyl groups excluding tert-OH is 1. The van der Waals surface area contributed by atoms with E-state index < -0.39 is 6.04 Å². The van der Waals surface area contributed by atoms with Crippen LogP contribution in [0.2, 0.25) is 0 Å². The molecule has 0 aliphatic heterocycles. The van der Waals surface area contributed by atoms with E-state index in [1.807, 2.05) is 24.6 Å². The third-order valence-corrected chi connectivity index (χ3v) is 3.44. The molecule has 2 rings (SSSR count). The molecule has 1 unspecified atom stereocenters. The molecule has 0 aliphatic carbocycles. The highest BCUT2D eigenvalue weighted by molar-refractivity contribution is 5.86. The van der Waals surface area contributed by atoms with Gasteiger partial charge in [0, 0.05) is 18.1 Å². The molecule has 0 saturated heterocycles. The molecule has 2 aromatic rings. The maximum atomic E-state index is 13.8. The lowest BCUT2D eigenvalue weighted by molar-refractivity contribution is 0.368. The van der Waals surface area contributed by atoms with E-state index in [0.29, 0.717) is 11.9 Å². The first-order valence-corrected chi connectivity index (χ1v) is 5.79. The SMILES string of the molecule is C=C(O)C(N)Cc1c(C)n(C)c2c(F)cccc12. The fourth-order valence-corrected chi connectivity index (χ4v) is 2.26. The van der Waals surface area contributed by atoms with Crippen LogP contribution in [0.3, 0.4) is 0 Å². The van der Waals surface area contributed by atoms with Gasteiger partial charge in [0.15, 0.2) is 0 Å². The number of benzene rings is 1. The van der Waals surface area contributed by atoms with E-state index in [-0.39, 0.29) is 11.6 Å². The van der Waals surface area contributed by atoms with Crippen molar-refractivity contribution in [1.82, 2.24) is 4.57 Å². The summed E-state index contributed by atoms with van der Waals surface area (Å²) < 4.78 is 15.6. The lowest BCUT2D eigenvalue weighted by Crippen LogP contribution is -2.25. The van der Waals surface area contributed by atoms with Crippen molar-refractivity contribution < 1.29 is 9.50 Å². The van der Waals surface area contributed by atoms with Gasteiger partial charge in [-0.05, 0) is 25.0 Å². The Hall–Kier alpha value is -1.81. The molecule has 1 aromatic heterocycles. The minimum atomic E-state index is -0.530. The molecule has 0 fully saturated rings. The number of hydrogen-bond acceptors (Lipinski definition) is 2. The maximum absolute atomic E-state index is 13.8. The van der Waals surface area contributed by atoms with Crippen LogP contribution in [0.15, 0.2) is 30.5 Å². The van der Waals surface area contributed by atoms with Crippen molar-refractivity contribution in [2.45, 2.75) is 19.4 Å². The second-order valence-corrected chi connectivity index (χ2v) is 4.56. The van der Waals surface area contributed by atoms with Gasteiger partial charge in [-0.2, -0.15) is 0 Å². The number of fused-ring (bicyclic) bond motifs is 1. The average molecular weight is 248 g/mol. The molecule has 0 radical (unpaired) electrons. The van der Waals surface area contributed by atoms with Crippen LogP contribution in [0.25, 0.3) is 10.9 Å². The number of nitrogens with zero attached hydrogens (tertiary/aromatic N) is 1. The fourth-order valence-electron chi connectivity index (χ4n) is 2.26. The Morgan fingerprint density at radius 2 is 2.22 bits per heavy atom. The molecule has 1 heterocycles. The van der Waals surface area contributed by atoms with E-state index in [1.165, 1.54) is 6.07 Å². The van der Waals surface area contributed by atoms with Crippen LogP contribution in [0.1, 0.15) is 11.3 Å². The third-order valence-electron chi connectivity index (χ3n) is 3.44. The van der Waals surface area contributed by atoms with Gasteiger partial charge < -0.3 is 15.4 Å². The highest BCUT2D eigenvalue weighted by Gasteiger charge is 2.17. The van der Waals surface area contributed by atoms with Crippen molar-refractivity contribution in [1.29, 1.82) is 0 Å². The molecule has 18 heavy (non-hydrogen) atoms. The van der Waals surface area contributed by atoms with Gasteiger partial charge in [-0.1, -0.05) is 18.7 Å². The summed E-state index contributed by atoms with van der Waals surface area (Å²) in [4.78, 5) is 0. The molecule has 0 amide bonds. The van der Waals surface area contributed by atoms with E-state index >= 15 is 0 Å². The number of aromatic nitrogens is 1. The van der Waals surface area contributed by atoms with Crippen molar-refractivity contribution in [2.75, 3.05) is 0 Å². The minimum absolute atomic E-state index is 0.0530. The monoisotopic (exact) mass is 248 g/mol. The molecule has 0 aliphatic rings. The lowest BCUT2D eigenvalue weighted by atomic mass is 10.0. The van der Waals surface area contributed by atoms with Gasteiger partial charge in [-0.3, -0.25) is 0 Å². The van der Waals surface area contributed by atoms with Crippen molar-refractivity contribution in [2.24, 2.45) is 12.8 Å². The zero-order valence-corrected chi connectivity index (χ0v) is 10.6. The standard InChI is InChI=1S/C14H17FN2O/c1-8-11(7-13(16)9(2)18)10-5-4-6-12(15)14(10)17(8)3/h4-6,13,18H,2,7,16H2,1,3H3. The average Bonchev–Trinajstić information content (AvgIpc) is 2.55. The molecular formula is C14H17FN2O. The van der Waals surface area contributed by atoms with Crippen molar-refractivity contribution in [3.63, 3.8) is 0 Å². The van der Waals surface area contributed by atoms with Gasteiger partial charge >= 0.3 is 0 Å². The Balaban J connectivity index is 2.61. The van der Waals surface area contributed by atoms with E-state index in [0.717, 1.165) is 16.6 Å². The summed E-state index contributed by atoms with van der Waals surface area (Å²) in [5.74, 6) is -0.302. The molecule has 0 spiro atoms. The van der Waals surface area contributed by atoms with E-state index in [1.54, 1.807) is 6.07 Å². The summed E-state index contributed by atoms with van der Waals surface area (Å²) in [7, 11) is 1.82. The Labute approximate surface area is 105 Å². The number of para-hydroxylation sites is 1. The molecule has 3 nitrogen and oxygen atoms in total. The summed E-state index contributed by atoms with van der Waals surface area (Å²) >= 11 is 0.